The summed E-state index contributed by atoms with van der Waals surface area (Å²) in [4.78, 5) is 9.00. The minimum atomic E-state index is -0.289. The molecule has 0 unspecified atom stereocenters. The van der Waals surface area contributed by atoms with Crippen molar-refractivity contribution in [1.29, 1.82) is 0 Å². The molecule has 0 atom stereocenters. The van der Waals surface area contributed by atoms with Gasteiger partial charge in [-0.2, -0.15) is 0 Å². The van der Waals surface area contributed by atoms with Gasteiger partial charge in [0.1, 0.15) is 11.6 Å². The molecule has 0 aliphatic rings. The largest absolute Gasteiger partial charge is 0.383 e. The summed E-state index contributed by atoms with van der Waals surface area (Å²) in [5.74, 6) is 0.638. The SMILES string of the molecule is Cl.Nc1nc(-c2ccc(F)cc2)nc2c1ccc1ccccc12. The van der Waals surface area contributed by atoms with Gasteiger partial charge < -0.3 is 5.73 Å². The van der Waals surface area contributed by atoms with Crippen molar-refractivity contribution in [3.63, 3.8) is 0 Å². The molecule has 0 aliphatic carbocycles. The molecule has 114 valence electrons. The molecule has 0 aliphatic heterocycles. The molecule has 0 spiro atoms. The monoisotopic (exact) mass is 325 g/mol. The molecule has 2 N–H and O–H groups in total. The fraction of sp³-hybridized carbons (Fsp3) is 0. The first-order valence-electron chi connectivity index (χ1n) is 6.93. The molecule has 3 aromatic carbocycles. The van der Waals surface area contributed by atoms with Gasteiger partial charge in [0.25, 0.3) is 0 Å². The van der Waals surface area contributed by atoms with Crippen molar-refractivity contribution >= 4 is 39.9 Å². The predicted molar refractivity (Wildman–Crippen MR) is 94.1 cm³/mol. The van der Waals surface area contributed by atoms with Gasteiger partial charge in [0, 0.05) is 16.3 Å². The maximum absolute atomic E-state index is 13.1. The van der Waals surface area contributed by atoms with E-state index in [4.69, 9.17) is 5.73 Å². The molecule has 0 amide bonds. The highest BCUT2D eigenvalue weighted by atomic mass is 35.5. The first kappa shape index (κ1) is 15.2. The van der Waals surface area contributed by atoms with Crippen molar-refractivity contribution in [3.8, 4) is 11.4 Å². The van der Waals surface area contributed by atoms with Crippen LogP contribution in [0.2, 0.25) is 0 Å². The number of benzene rings is 3. The van der Waals surface area contributed by atoms with E-state index in [1.54, 1.807) is 12.1 Å². The summed E-state index contributed by atoms with van der Waals surface area (Å²) in [6, 6.07) is 18.0. The van der Waals surface area contributed by atoms with Crippen LogP contribution in [0.15, 0.2) is 60.7 Å². The molecule has 1 heterocycles. The molecule has 0 saturated carbocycles. The number of fused-ring (bicyclic) bond motifs is 3. The Morgan fingerprint density at radius 1 is 0.783 bits per heavy atom. The summed E-state index contributed by atoms with van der Waals surface area (Å²) < 4.78 is 13.1. The Morgan fingerprint density at radius 2 is 1.52 bits per heavy atom. The number of hydrogen-bond acceptors (Lipinski definition) is 3. The molecular weight excluding hydrogens is 313 g/mol. The normalized spacial score (nSPS) is 10.7. The number of nitrogens with zero attached hydrogens (tertiary/aromatic N) is 2. The molecule has 4 rings (SSSR count). The molecule has 4 aromatic rings. The maximum Gasteiger partial charge on any atom is 0.162 e. The van der Waals surface area contributed by atoms with E-state index in [-0.39, 0.29) is 18.2 Å². The van der Waals surface area contributed by atoms with E-state index in [2.05, 4.69) is 9.97 Å². The number of hydrogen-bond donors (Lipinski definition) is 1. The van der Waals surface area contributed by atoms with Gasteiger partial charge in [-0.15, -0.1) is 12.4 Å². The van der Waals surface area contributed by atoms with Crippen LogP contribution in [0.1, 0.15) is 0 Å². The first-order chi connectivity index (χ1) is 10.7. The second-order valence-corrected chi connectivity index (χ2v) is 5.12. The van der Waals surface area contributed by atoms with Crippen LogP contribution in [-0.4, -0.2) is 9.97 Å². The minimum absolute atomic E-state index is 0. The van der Waals surface area contributed by atoms with Crippen molar-refractivity contribution < 1.29 is 4.39 Å². The summed E-state index contributed by atoms with van der Waals surface area (Å²) >= 11 is 0. The maximum atomic E-state index is 13.1. The van der Waals surface area contributed by atoms with Crippen LogP contribution in [0.25, 0.3) is 33.1 Å². The van der Waals surface area contributed by atoms with E-state index in [1.807, 2.05) is 36.4 Å². The summed E-state index contributed by atoms with van der Waals surface area (Å²) in [6.45, 7) is 0. The van der Waals surface area contributed by atoms with Crippen LogP contribution in [0.5, 0.6) is 0 Å². The van der Waals surface area contributed by atoms with Gasteiger partial charge in [-0.05, 0) is 35.7 Å². The fourth-order valence-corrected chi connectivity index (χ4v) is 2.62. The van der Waals surface area contributed by atoms with Crippen molar-refractivity contribution in [3.05, 3.63) is 66.5 Å². The fourth-order valence-electron chi connectivity index (χ4n) is 2.62. The van der Waals surface area contributed by atoms with E-state index in [0.29, 0.717) is 11.6 Å². The second-order valence-electron chi connectivity index (χ2n) is 5.12. The smallest absolute Gasteiger partial charge is 0.162 e. The van der Waals surface area contributed by atoms with Gasteiger partial charge in [-0.3, -0.25) is 0 Å². The van der Waals surface area contributed by atoms with Crippen LogP contribution in [-0.2, 0) is 0 Å². The Labute approximate surface area is 138 Å². The van der Waals surface area contributed by atoms with Gasteiger partial charge in [-0.25, -0.2) is 14.4 Å². The van der Waals surface area contributed by atoms with Crippen LogP contribution in [0.4, 0.5) is 10.2 Å². The van der Waals surface area contributed by atoms with Gasteiger partial charge in [-0.1, -0.05) is 30.3 Å². The number of rotatable bonds is 1. The van der Waals surface area contributed by atoms with E-state index in [1.165, 1.54) is 12.1 Å². The van der Waals surface area contributed by atoms with E-state index in [9.17, 15) is 4.39 Å². The second kappa shape index (κ2) is 5.82. The van der Waals surface area contributed by atoms with Gasteiger partial charge in [0.15, 0.2) is 5.82 Å². The molecule has 0 bridgehead atoms. The highest BCUT2D eigenvalue weighted by Crippen LogP contribution is 2.29. The predicted octanol–water partition coefficient (Wildman–Crippen LogP) is 4.59. The first-order valence-corrected chi connectivity index (χ1v) is 6.93. The molecular formula is C18H13ClFN3. The topological polar surface area (TPSA) is 51.8 Å². The standard InChI is InChI=1S/C18H12FN3.ClH/c19-13-8-5-12(6-9-13)18-21-16-14-4-2-1-3-11(14)7-10-15(16)17(20)22-18;/h1-10H,(H2,20,21,22);1H. The summed E-state index contributed by atoms with van der Waals surface area (Å²) in [6.07, 6.45) is 0. The lowest BCUT2D eigenvalue weighted by atomic mass is 10.1. The Balaban J connectivity index is 0.00000156. The molecule has 3 nitrogen and oxygen atoms in total. The van der Waals surface area contributed by atoms with Crippen molar-refractivity contribution in [2.75, 3.05) is 5.73 Å². The van der Waals surface area contributed by atoms with Crippen molar-refractivity contribution in [1.82, 2.24) is 9.97 Å². The summed E-state index contributed by atoms with van der Waals surface area (Å²) in [7, 11) is 0. The van der Waals surface area contributed by atoms with Crippen molar-refractivity contribution in [2.45, 2.75) is 0 Å². The number of nitrogen functional groups attached to an aromatic ring is 1. The highest BCUT2D eigenvalue weighted by molar-refractivity contribution is 6.08. The Kier molecular flexibility index (Phi) is 3.84. The van der Waals surface area contributed by atoms with E-state index in [0.717, 1.165) is 27.2 Å². The highest BCUT2D eigenvalue weighted by Gasteiger charge is 2.10. The molecule has 23 heavy (non-hydrogen) atoms. The van der Waals surface area contributed by atoms with Crippen LogP contribution < -0.4 is 5.73 Å². The summed E-state index contributed by atoms with van der Waals surface area (Å²) in [5, 5.41) is 2.94. The molecule has 0 fully saturated rings. The van der Waals surface area contributed by atoms with E-state index < -0.39 is 0 Å². The third-order valence-corrected chi connectivity index (χ3v) is 3.72. The minimum Gasteiger partial charge on any atom is -0.383 e. The van der Waals surface area contributed by atoms with Crippen LogP contribution in [0, 0.1) is 5.82 Å². The lowest BCUT2D eigenvalue weighted by molar-refractivity contribution is 0.628. The quantitative estimate of drug-likeness (QED) is 0.521. The summed E-state index contributed by atoms with van der Waals surface area (Å²) in [5.41, 5.74) is 7.64. The van der Waals surface area contributed by atoms with Crippen LogP contribution >= 0.6 is 12.4 Å². The number of halogens is 2. The zero-order valence-corrected chi connectivity index (χ0v) is 12.8. The Bertz CT molecular complexity index is 1000. The molecule has 1 aromatic heterocycles. The number of anilines is 1. The third-order valence-electron chi connectivity index (χ3n) is 3.72. The average molecular weight is 326 g/mol. The average Bonchev–Trinajstić information content (AvgIpc) is 2.55. The number of aromatic nitrogens is 2. The van der Waals surface area contributed by atoms with Crippen molar-refractivity contribution in [2.24, 2.45) is 0 Å². The number of nitrogens with two attached hydrogens (primary N) is 1. The lowest BCUT2D eigenvalue weighted by Crippen LogP contribution is -1.98. The molecule has 0 radical (unpaired) electrons. The van der Waals surface area contributed by atoms with Crippen LogP contribution in [0.3, 0.4) is 0 Å². The van der Waals surface area contributed by atoms with Gasteiger partial charge in [0.05, 0.1) is 5.52 Å². The van der Waals surface area contributed by atoms with E-state index >= 15 is 0 Å². The van der Waals surface area contributed by atoms with Gasteiger partial charge >= 0.3 is 0 Å². The zero-order valence-electron chi connectivity index (χ0n) is 12.0. The van der Waals surface area contributed by atoms with Gasteiger partial charge in [0.2, 0.25) is 0 Å². The zero-order chi connectivity index (χ0) is 15.1. The Morgan fingerprint density at radius 3 is 2.30 bits per heavy atom. The lowest BCUT2D eigenvalue weighted by Gasteiger charge is -2.08. The molecule has 0 saturated heterocycles. The molecule has 5 heteroatoms. The third kappa shape index (κ3) is 2.58. The Hall–Kier alpha value is -2.72.